The number of aliphatic hydroxyl groups is 1. The molecule has 0 spiro atoms. The van der Waals surface area contributed by atoms with Crippen molar-refractivity contribution in [3.8, 4) is 27.6 Å². The van der Waals surface area contributed by atoms with Gasteiger partial charge in [-0.2, -0.15) is 0 Å². The topological polar surface area (TPSA) is 238 Å². The molecule has 4 amide bonds. The van der Waals surface area contributed by atoms with Crippen LogP contribution < -0.4 is 30.9 Å². The number of benzene rings is 3. The van der Waals surface area contributed by atoms with Crippen LogP contribution in [0.4, 0.5) is 10.8 Å². The van der Waals surface area contributed by atoms with Gasteiger partial charge in [-0.3, -0.25) is 19.2 Å². The van der Waals surface area contributed by atoms with E-state index < -0.39 is 45.0 Å². The fraction of sp³-hybridized carbons (Fsp3) is 0.446. The Morgan fingerprint density at radius 1 is 0.909 bits per heavy atom. The first-order valence-electron chi connectivity index (χ1n) is 26.3. The highest BCUT2D eigenvalue weighted by Crippen LogP contribution is 2.34. The molecule has 2 fully saturated rings. The molecule has 3 aromatic carbocycles. The van der Waals surface area contributed by atoms with Crippen LogP contribution in [-0.4, -0.2) is 120 Å². The summed E-state index contributed by atoms with van der Waals surface area (Å²) in [6.45, 7) is 13.9. The first-order chi connectivity index (χ1) is 36.9. The lowest BCUT2D eigenvalue weighted by Gasteiger charge is -2.34. The minimum atomic E-state index is -3.59. The Bertz CT molecular complexity index is 3110. The highest BCUT2D eigenvalue weighted by molar-refractivity contribution is 7.92. The summed E-state index contributed by atoms with van der Waals surface area (Å²) in [7, 11) is -3.59. The van der Waals surface area contributed by atoms with Crippen molar-refractivity contribution >= 4 is 67.0 Å². The molecule has 0 aliphatic carbocycles. The average Bonchev–Trinajstić information content (AvgIpc) is 4.27. The van der Waals surface area contributed by atoms with Gasteiger partial charge in [-0.1, -0.05) is 56.3 Å². The molecule has 410 valence electrons. The van der Waals surface area contributed by atoms with E-state index >= 15 is 0 Å². The summed E-state index contributed by atoms with van der Waals surface area (Å²) in [5, 5.41) is 28.4. The van der Waals surface area contributed by atoms with Crippen LogP contribution in [0.5, 0.6) is 5.88 Å². The van der Waals surface area contributed by atoms with Gasteiger partial charge in [-0.05, 0) is 118 Å². The summed E-state index contributed by atoms with van der Waals surface area (Å²) in [5.41, 5.74) is 8.24. The van der Waals surface area contributed by atoms with Gasteiger partial charge in [0.05, 0.1) is 51.2 Å². The largest absolute Gasteiger partial charge is 0.476 e. The maximum absolute atomic E-state index is 14.1. The van der Waals surface area contributed by atoms with Gasteiger partial charge >= 0.3 is 0 Å². The first kappa shape index (κ1) is 56.7. The number of ether oxygens (including phenoxy) is 1. The van der Waals surface area contributed by atoms with E-state index in [0.29, 0.717) is 35.0 Å². The number of piperidine rings is 1. The van der Waals surface area contributed by atoms with Gasteiger partial charge in [0.25, 0.3) is 11.8 Å². The van der Waals surface area contributed by atoms with Gasteiger partial charge in [0.15, 0.2) is 20.7 Å². The van der Waals surface area contributed by atoms with Gasteiger partial charge in [0.1, 0.15) is 12.0 Å². The Morgan fingerprint density at radius 3 is 2.42 bits per heavy atom. The number of aryl methyl sites for hydroxylation is 2. The molecule has 77 heavy (non-hydrogen) atoms. The molecule has 3 aromatic heterocycles. The SMILES string of the molecule is Cc1ccc(C(=O)NCC(=O)Nc2nc(-c3cccc(N4CCC(NCCCCCOc5cc(C(C(=O)N6C[C@H](O)C[C@H]6C(=O)NCc6ccc(-c7scnc7C)cc6)C(C)C)on5)CC4)c3)cs2)cc1S(=O)(=O)C(C)C. The van der Waals surface area contributed by atoms with Crippen molar-refractivity contribution in [2.45, 2.75) is 121 Å². The highest BCUT2D eigenvalue weighted by atomic mass is 32.2. The zero-order valence-electron chi connectivity index (χ0n) is 44.4. The number of amides is 4. The number of aromatic nitrogens is 3. The van der Waals surface area contributed by atoms with E-state index in [-0.39, 0.29) is 54.2 Å². The molecule has 1 unspecified atom stereocenters. The van der Waals surface area contributed by atoms with Gasteiger partial charge in [-0.25, -0.2) is 18.4 Å². The maximum Gasteiger partial charge on any atom is 0.254 e. The zero-order valence-corrected chi connectivity index (χ0v) is 46.9. The number of carbonyl (C=O) groups excluding carboxylic acids is 4. The lowest BCUT2D eigenvalue weighted by Crippen LogP contribution is -2.48. The molecule has 0 radical (unpaired) electrons. The third-order valence-corrected chi connectivity index (χ3v) is 18.1. The number of likely N-dealkylation sites (tertiary alicyclic amines) is 1. The molecule has 2 aliphatic rings. The van der Waals surface area contributed by atoms with Gasteiger partial charge < -0.3 is 45.4 Å². The summed E-state index contributed by atoms with van der Waals surface area (Å²) in [6.07, 6.45) is 4.10. The number of β-amino-alcohol motifs (C(OH)–C–C–N with tert-alkyl or cyclic N) is 1. The monoisotopic (exact) mass is 1110 g/mol. The van der Waals surface area contributed by atoms with Crippen LogP contribution in [0.2, 0.25) is 0 Å². The van der Waals surface area contributed by atoms with Gasteiger partial charge in [0.2, 0.25) is 17.7 Å². The summed E-state index contributed by atoms with van der Waals surface area (Å²) in [4.78, 5) is 67.3. The van der Waals surface area contributed by atoms with Crippen molar-refractivity contribution < 1.29 is 42.0 Å². The Hall–Kier alpha value is -6.52. The lowest BCUT2D eigenvalue weighted by molar-refractivity contribution is -0.141. The van der Waals surface area contributed by atoms with Gasteiger partial charge in [-0.15, -0.1) is 22.7 Å². The quantitative estimate of drug-likeness (QED) is 0.0384. The van der Waals surface area contributed by atoms with Crippen LogP contribution in [0.3, 0.4) is 0 Å². The minimum Gasteiger partial charge on any atom is -0.476 e. The molecular formula is C56H69N9O9S3. The second-order valence-electron chi connectivity index (χ2n) is 20.4. The number of thiazole rings is 2. The molecule has 8 rings (SSSR count). The number of hydrogen-bond donors (Lipinski definition) is 5. The summed E-state index contributed by atoms with van der Waals surface area (Å²) in [6, 6.07) is 21.9. The number of nitrogens with zero attached hydrogens (tertiary/aromatic N) is 5. The number of rotatable bonds is 23. The number of nitrogens with one attached hydrogen (secondary N) is 4. The fourth-order valence-corrected chi connectivity index (χ4v) is 12.5. The number of hydrogen-bond acceptors (Lipinski definition) is 16. The standard InChI is InChI=1S/C56H69N9O9S3/c1-34(2)51(55(70)65-31-44(66)27-46(65)54(69)58-29-38-14-17-39(18-15-38)52-37(6)60-33-76-52)47-28-50(63-74-47)73-24-9-7-8-21-57-42-19-22-64(23-20-42)43-12-10-11-40(25-43)45-32-75-56(61-45)62-49(67)30-59-53(68)41-16-13-36(5)48(26-41)77(71,72)35(3)4/h10-18,25-26,28,32-35,42,44,46,51,57,66H,7-9,19-24,27,29-31H2,1-6H3,(H,58,69)(H,59,68)(H,61,62,67)/t44-,46+,51?/m1/s1. The predicted octanol–water partition coefficient (Wildman–Crippen LogP) is 7.91. The first-order valence-corrected chi connectivity index (χ1v) is 29.6. The number of sulfone groups is 1. The van der Waals surface area contributed by atoms with E-state index in [2.05, 4.69) is 53.4 Å². The van der Waals surface area contributed by atoms with Crippen LogP contribution in [0.1, 0.15) is 105 Å². The van der Waals surface area contributed by atoms with E-state index in [9.17, 15) is 32.7 Å². The zero-order chi connectivity index (χ0) is 54.8. The molecule has 5 heterocycles. The predicted molar refractivity (Wildman–Crippen MR) is 299 cm³/mol. The second-order valence-corrected chi connectivity index (χ2v) is 24.6. The van der Waals surface area contributed by atoms with E-state index in [1.54, 1.807) is 44.2 Å². The number of unbranched alkanes of at least 4 members (excludes halogenated alkanes) is 2. The molecule has 2 saturated heterocycles. The Morgan fingerprint density at radius 2 is 1.69 bits per heavy atom. The van der Waals surface area contributed by atoms with Crippen molar-refractivity contribution in [3.05, 3.63) is 112 Å². The van der Waals surface area contributed by atoms with E-state index in [1.165, 1.54) is 28.4 Å². The van der Waals surface area contributed by atoms with Crippen LogP contribution in [0.15, 0.2) is 93.1 Å². The Kier molecular flexibility index (Phi) is 19.0. The van der Waals surface area contributed by atoms with Crippen LogP contribution in [0.25, 0.3) is 21.7 Å². The normalized spacial score (nSPS) is 16.5. The summed E-state index contributed by atoms with van der Waals surface area (Å²) in [5.74, 6) is -1.85. The third-order valence-electron chi connectivity index (χ3n) is 14.1. The Labute approximate surface area is 458 Å². The lowest BCUT2D eigenvalue weighted by atomic mass is 9.91. The minimum absolute atomic E-state index is 0.0523. The van der Waals surface area contributed by atoms with E-state index in [1.807, 2.05) is 68.1 Å². The van der Waals surface area contributed by atoms with E-state index in [4.69, 9.17) is 9.26 Å². The highest BCUT2D eigenvalue weighted by Gasteiger charge is 2.43. The average molecular weight is 1110 g/mol. The second kappa shape index (κ2) is 25.8. The number of aliphatic hydroxyl groups excluding tert-OH is 1. The summed E-state index contributed by atoms with van der Waals surface area (Å²) >= 11 is 2.87. The smallest absolute Gasteiger partial charge is 0.254 e. The fourth-order valence-electron chi connectivity index (χ4n) is 9.65. The molecule has 0 saturated carbocycles. The molecule has 0 bridgehead atoms. The van der Waals surface area contributed by atoms with Crippen LogP contribution >= 0.6 is 22.7 Å². The maximum atomic E-state index is 14.1. The molecule has 18 nitrogen and oxygen atoms in total. The van der Waals surface area contributed by atoms with Crippen molar-refractivity contribution in [1.82, 2.24) is 36.0 Å². The molecule has 6 aromatic rings. The Balaban J connectivity index is 0.716. The number of carbonyl (C=O) groups is 4. The molecule has 5 N–H and O–H groups in total. The van der Waals surface area contributed by atoms with Crippen molar-refractivity contribution in [3.63, 3.8) is 0 Å². The van der Waals surface area contributed by atoms with Gasteiger partial charge in [0, 0.05) is 66.9 Å². The number of anilines is 2. The molecule has 2 aliphatic heterocycles. The van der Waals surface area contributed by atoms with Crippen molar-refractivity contribution in [2.24, 2.45) is 5.92 Å². The van der Waals surface area contributed by atoms with Crippen molar-refractivity contribution in [2.75, 3.05) is 49.5 Å². The molecule has 21 heteroatoms. The van der Waals surface area contributed by atoms with Crippen LogP contribution in [-0.2, 0) is 30.8 Å². The third kappa shape index (κ3) is 14.4. The van der Waals surface area contributed by atoms with Crippen LogP contribution in [0, 0.1) is 19.8 Å². The van der Waals surface area contributed by atoms with E-state index in [0.717, 1.165) is 90.4 Å². The molecular weight excluding hydrogens is 1040 g/mol. The van der Waals surface area contributed by atoms with Crippen molar-refractivity contribution in [1.29, 1.82) is 0 Å². The molecule has 3 atom stereocenters. The summed E-state index contributed by atoms with van der Waals surface area (Å²) < 4.78 is 37.2.